The standard InChI is InChI=1S/C17H21N7O/c1-3-15(25-10-1)17-22-14-5-8-18-7-4-13(14)16(23-17)20-6-2-9-24-12-19-11-21-24/h1,3,10-12,18H,2,4-9H2,(H,20,22,23). The molecule has 3 aromatic heterocycles. The minimum absolute atomic E-state index is 0.643. The van der Waals surface area contributed by atoms with Crippen molar-refractivity contribution in [1.82, 2.24) is 30.0 Å². The van der Waals surface area contributed by atoms with E-state index in [1.54, 1.807) is 18.9 Å². The number of nitrogens with zero attached hydrogens (tertiary/aromatic N) is 5. The second-order valence-corrected chi connectivity index (χ2v) is 5.99. The van der Waals surface area contributed by atoms with Crippen molar-refractivity contribution in [1.29, 1.82) is 0 Å². The number of nitrogens with one attached hydrogen (secondary N) is 2. The lowest BCUT2D eigenvalue weighted by Gasteiger charge is -2.14. The van der Waals surface area contributed by atoms with Gasteiger partial charge >= 0.3 is 0 Å². The van der Waals surface area contributed by atoms with Crippen LogP contribution < -0.4 is 10.6 Å². The molecule has 1 aliphatic heterocycles. The lowest BCUT2D eigenvalue weighted by Crippen LogP contribution is -2.16. The summed E-state index contributed by atoms with van der Waals surface area (Å²) in [5.74, 6) is 2.26. The van der Waals surface area contributed by atoms with Crippen LogP contribution in [0.25, 0.3) is 11.6 Å². The Labute approximate surface area is 145 Å². The molecule has 4 heterocycles. The third-order valence-electron chi connectivity index (χ3n) is 4.25. The third kappa shape index (κ3) is 3.69. The van der Waals surface area contributed by atoms with E-state index < -0.39 is 0 Å². The first-order valence-corrected chi connectivity index (χ1v) is 8.61. The topological polar surface area (TPSA) is 93.7 Å². The van der Waals surface area contributed by atoms with E-state index >= 15 is 0 Å². The molecule has 4 rings (SSSR count). The number of aromatic nitrogens is 5. The fourth-order valence-corrected chi connectivity index (χ4v) is 3.00. The Morgan fingerprint density at radius 3 is 3.04 bits per heavy atom. The van der Waals surface area contributed by atoms with Crippen molar-refractivity contribution in [2.75, 3.05) is 25.0 Å². The Hall–Kier alpha value is -2.74. The lowest BCUT2D eigenvalue weighted by atomic mass is 10.1. The van der Waals surface area contributed by atoms with Gasteiger partial charge in [0, 0.05) is 31.6 Å². The zero-order valence-corrected chi connectivity index (χ0v) is 14.0. The van der Waals surface area contributed by atoms with Gasteiger partial charge in [-0.2, -0.15) is 5.10 Å². The number of aryl methyl sites for hydroxylation is 1. The SMILES string of the molecule is c1coc(-c2nc3c(c(NCCCn4cncn4)n2)CCNCC3)c1. The van der Waals surface area contributed by atoms with Crippen LogP contribution in [0.15, 0.2) is 35.5 Å². The molecule has 3 aromatic rings. The summed E-state index contributed by atoms with van der Waals surface area (Å²) in [7, 11) is 0. The van der Waals surface area contributed by atoms with Gasteiger partial charge in [0.25, 0.3) is 0 Å². The van der Waals surface area contributed by atoms with Crippen molar-refractivity contribution in [3.63, 3.8) is 0 Å². The van der Waals surface area contributed by atoms with Crippen LogP contribution in [-0.2, 0) is 19.4 Å². The van der Waals surface area contributed by atoms with E-state index in [-0.39, 0.29) is 0 Å². The Morgan fingerprint density at radius 1 is 1.24 bits per heavy atom. The molecule has 8 heteroatoms. The highest BCUT2D eigenvalue weighted by molar-refractivity contribution is 5.56. The molecule has 2 N–H and O–H groups in total. The molecule has 0 aliphatic carbocycles. The van der Waals surface area contributed by atoms with Crippen molar-refractivity contribution in [2.45, 2.75) is 25.8 Å². The molecule has 0 radical (unpaired) electrons. The summed E-state index contributed by atoms with van der Waals surface area (Å²) < 4.78 is 7.32. The third-order valence-corrected chi connectivity index (χ3v) is 4.25. The van der Waals surface area contributed by atoms with Crippen LogP contribution in [-0.4, -0.2) is 44.4 Å². The molecule has 8 nitrogen and oxygen atoms in total. The zero-order chi connectivity index (χ0) is 16.9. The molecular weight excluding hydrogens is 318 g/mol. The number of hydrogen-bond donors (Lipinski definition) is 2. The van der Waals surface area contributed by atoms with Gasteiger partial charge in [-0.15, -0.1) is 0 Å². The maximum atomic E-state index is 5.48. The number of fused-ring (bicyclic) bond motifs is 1. The summed E-state index contributed by atoms with van der Waals surface area (Å²) in [6, 6.07) is 3.75. The van der Waals surface area contributed by atoms with Gasteiger partial charge in [-0.3, -0.25) is 4.68 Å². The summed E-state index contributed by atoms with van der Waals surface area (Å²) in [5, 5.41) is 11.0. The second-order valence-electron chi connectivity index (χ2n) is 5.99. The maximum absolute atomic E-state index is 5.48. The second kappa shape index (κ2) is 7.43. The van der Waals surface area contributed by atoms with Crippen molar-refractivity contribution in [3.05, 3.63) is 42.3 Å². The Bertz CT molecular complexity index is 799. The van der Waals surface area contributed by atoms with Crippen LogP contribution in [0.3, 0.4) is 0 Å². The highest BCUT2D eigenvalue weighted by Gasteiger charge is 2.18. The van der Waals surface area contributed by atoms with E-state index in [4.69, 9.17) is 14.4 Å². The van der Waals surface area contributed by atoms with E-state index in [1.807, 2.05) is 16.8 Å². The first kappa shape index (κ1) is 15.8. The first-order valence-electron chi connectivity index (χ1n) is 8.61. The number of hydrogen-bond acceptors (Lipinski definition) is 7. The molecule has 1 aliphatic rings. The van der Waals surface area contributed by atoms with E-state index in [9.17, 15) is 0 Å². The van der Waals surface area contributed by atoms with Crippen LogP contribution in [0.2, 0.25) is 0 Å². The molecular formula is C17H21N7O. The van der Waals surface area contributed by atoms with E-state index in [0.29, 0.717) is 11.6 Å². The predicted molar refractivity (Wildman–Crippen MR) is 93.1 cm³/mol. The van der Waals surface area contributed by atoms with Crippen molar-refractivity contribution >= 4 is 5.82 Å². The average molecular weight is 339 g/mol. The van der Waals surface area contributed by atoms with Gasteiger partial charge in [-0.05, 0) is 31.5 Å². The minimum Gasteiger partial charge on any atom is -0.461 e. The van der Waals surface area contributed by atoms with Gasteiger partial charge in [-0.25, -0.2) is 15.0 Å². The van der Waals surface area contributed by atoms with Gasteiger partial charge in [0.1, 0.15) is 18.5 Å². The molecule has 0 unspecified atom stereocenters. The smallest absolute Gasteiger partial charge is 0.197 e. The maximum Gasteiger partial charge on any atom is 0.197 e. The van der Waals surface area contributed by atoms with Gasteiger partial charge in [0.2, 0.25) is 0 Å². The molecule has 0 bridgehead atoms. The van der Waals surface area contributed by atoms with E-state index in [1.165, 1.54) is 5.56 Å². The largest absolute Gasteiger partial charge is 0.461 e. The summed E-state index contributed by atoms with van der Waals surface area (Å²) in [6.45, 7) is 3.53. The van der Waals surface area contributed by atoms with Crippen molar-refractivity contribution in [3.8, 4) is 11.6 Å². The van der Waals surface area contributed by atoms with Crippen molar-refractivity contribution < 1.29 is 4.42 Å². The fraction of sp³-hybridized carbons (Fsp3) is 0.412. The zero-order valence-electron chi connectivity index (χ0n) is 14.0. The van der Waals surface area contributed by atoms with E-state index in [2.05, 4.69) is 20.7 Å². The monoisotopic (exact) mass is 339 g/mol. The molecule has 25 heavy (non-hydrogen) atoms. The van der Waals surface area contributed by atoms with Gasteiger partial charge in [0.15, 0.2) is 11.6 Å². The Balaban J connectivity index is 1.53. The van der Waals surface area contributed by atoms with Crippen LogP contribution in [0.1, 0.15) is 17.7 Å². The number of rotatable bonds is 6. The lowest BCUT2D eigenvalue weighted by molar-refractivity contribution is 0.576. The Kier molecular flexibility index (Phi) is 4.69. The summed E-state index contributed by atoms with van der Waals surface area (Å²) in [4.78, 5) is 13.4. The summed E-state index contributed by atoms with van der Waals surface area (Å²) >= 11 is 0. The van der Waals surface area contributed by atoms with Gasteiger partial charge in [0.05, 0.1) is 12.0 Å². The van der Waals surface area contributed by atoms with Gasteiger partial charge < -0.3 is 15.1 Å². The normalized spacial score (nSPS) is 14.1. The molecule has 0 aromatic carbocycles. The van der Waals surface area contributed by atoms with Crippen LogP contribution >= 0.6 is 0 Å². The quantitative estimate of drug-likeness (QED) is 0.658. The molecule has 0 saturated carbocycles. The molecule has 0 saturated heterocycles. The molecule has 0 spiro atoms. The van der Waals surface area contributed by atoms with Crippen LogP contribution in [0, 0.1) is 0 Å². The number of anilines is 1. The summed E-state index contributed by atoms with van der Waals surface area (Å²) in [5.41, 5.74) is 2.31. The first-order chi connectivity index (χ1) is 12.4. The van der Waals surface area contributed by atoms with E-state index in [0.717, 1.165) is 57.0 Å². The highest BCUT2D eigenvalue weighted by Crippen LogP contribution is 2.24. The molecule has 0 atom stereocenters. The fourth-order valence-electron chi connectivity index (χ4n) is 3.00. The Morgan fingerprint density at radius 2 is 2.20 bits per heavy atom. The van der Waals surface area contributed by atoms with Gasteiger partial charge in [-0.1, -0.05) is 0 Å². The summed E-state index contributed by atoms with van der Waals surface area (Å²) in [6.07, 6.45) is 7.71. The van der Waals surface area contributed by atoms with Crippen molar-refractivity contribution in [2.24, 2.45) is 0 Å². The molecule has 130 valence electrons. The van der Waals surface area contributed by atoms with Crippen LogP contribution in [0.5, 0.6) is 0 Å². The molecule has 0 fully saturated rings. The predicted octanol–water partition coefficient (Wildman–Crippen LogP) is 1.52. The number of furan rings is 1. The van der Waals surface area contributed by atoms with Crippen LogP contribution in [0.4, 0.5) is 5.82 Å². The average Bonchev–Trinajstić information content (AvgIpc) is 3.29. The molecule has 0 amide bonds. The minimum atomic E-state index is 0.643. The highest BCUT2D eigenvalue weighted by atomic mass is 16.3.